The maximum atomic E-state index is 12.6. The van der Waals surface area contributed by atoms with Gasteiger partial charge in [0.25, 0.3) is 0 Å². The summed E-state index contributed by atoms with van der Waals surface area (Å²) in [5.74, 6) is 1.34. The average Bonchev–Trinajstić information content (AvgIpc) is 2.77. The first-order valence-electron chi connectivity index (χ1n) is 7.69. The zero-order valence-corrected chi connectivity index (χ0v) is 12.3. The number of hydrogen-bond donors (Lipinski definition) is 1. The summed E-state index contributed by atoms with van der Waals surface area (Å²) in [5.41, 5.74) is 0.826. The molecule has 3 heteroatoms. The van der Waals surface area contributed by atoms with Crippen molar-refractivity contribution in [2.24, 2.45) is 5.92 Å². The van der Waals surface area contributed by atoms with E-state index in [9.17, 15) is 4.79 Å². The fraction of sp³-hybridized carbons (Fsp3) is 0.588. The Morgan fingerprint density at radius 3 is 2.30 bits per heavy atom. The normalized spacial score (nSPS) is 28.6. The number of fused-ring (bicyclic) bond motifs is 2. The van der Waals surface area contributed by atoms with Crippen LogP contribution in [-0.2, 0) is 0 Å². The van der Waals surface area contributed by atoms with E-state index >= 15 is 0 Å². The van der Waals surface area contributed by atoms with E-state index in [0.29, 0.717) is 17.9 Å². The summed E-state index contributed by atoms with van der Waals surface area (Å²) in [6.07, 6.45) is 4.63. The number of nitrogens with one attached hydrogen (secondary N) is 1. The number of Topliss-reactive ketones (excluding diaryl/α,β-unsaturated/α-hetero) is 1. The van der Waals surface area contributed by atoms with Gasteiger partial charge < -0.3 is 10.1 Å². The third kappa shape index (κ3) is 2.88. The number of benzene rings is 1. The summed E-state index contributed by atoms with van der Waals surface area (Å²) < 4.78 is 5.62. The summed E-state index contributed by atoms with van der Waals surface area (Å²) in [6, 6.07) is 8.75. The van der Waals surface area contributed by atoms with Crippen LogP contribution in [0, 0.1) is 5.92 Å². The molecule has 0 radical (unpaired) electrons. The van der Waals surface area contributed by atoms with Crippen LogP contribution in [0.3, 0.4) is 0 Å². The number of piperidine rings is 1. The van der Waals surface area contributed by atoms with Crippen LogP contribution in [0.15, 0.2) is 24.3 Å². The Morgan fingerprint density at radius 2 is 1.75 bits per heavy atom. The van der Waals surface area contributed by atoms with Crippen LogP contribution in [-0.4, -0.2) is 24.0 Å². The molecule has 0 aromatic heterocycles. The second kappa shape index (κ2) is 5.57. The van der Waals surface area contributed by atoms with E-state index in [1.54, 1.807) is 0 Å². The molecule has 2 aliphatic heterocycles. The second-order valence-corrected chi connectivity index (χ2v) is 6.36. The van der Waals surface area contributed by atoms with Crippen molar-refractivity contribution < 1.29 is 9.53 Å². The standard InChI is InChI=1S/C17H23NO2/c1-11(2)20-16-7-3-12(4-8-16)17(19)13-9-14-5-6-15(10-13)18-14/h3-4,7-8,11,13-15,18H,5-6,9-10H2,1-2H3. The van der Waals surface area contributed by atoms with Gasteiger partial charge in [0.1, 0.15) is 5.75 Å². The monoisotopic (exact) mass is 273 g/mol. The molecule has 3 nitrogen and oxygen atoms in total. The van der Waals surface area contributed by atoms with Crippen molar-refractivity contribution in [1.29, 1.82) is 0 Å². The van der Waals surface area contributed by atoms with Gasteiger partial charge in [0.05, 0.1) is 6.10 Å². The molecule has 2 fully saturated rings. The highest BCUT2D eigenvalue weighted by Gasteiger charge is 2.36. The Bertz CT molecular complexity index is 468. The van der Waals surface area contributed by atoms with Crippen LogP contribution >= 0.6 is 0 Å². The molecule has 2 unspecified atom stereocenters. The molecule has 0 spiro atoms. The van der Waals surface area contributed by atoms with E-state index in [0.717, 1.165) is 24.2 Å². The van der Waals surface area contributed by atoms with E-state index in [4.69, 9.17) is 4.74 Å². The van der Waals surface area contributed by atoms with E-state index in [-0.39, 0.29) is 12.0 Å². The molecule has 0 aliphatic carbocycles. The zero-order chi connectivity index (χ0) is 14.1. The van der Waals surface area contributed by atoms with Gasteiger partial charge in [0.2, 0.25) is 0 Å². The molecule has 3 rings (SSSR count). The first kappa shape index (κ1) is 13.6. The maximum Gasteiger partial charge on any atom is 0.166 e. The summed E-state index contributed by atoms with van der Waals surface area (Å²) >= 11 is 0. The van der Waals surface area contributed by atoms with Gasteiger partial charge in [-0.2, -0.15) is 0 Å². The Kier molecular flexibility index (Phi) is 3.79. The average molecular weight is 273 g/mol. The maximum absolute atomic E-state index is 12.6. The van der Waals surface area contributed by atoms with Crippen molar-refractivity contribution in [2.45, 2.75) is 57.7 Å². The summed E-state index contributed by atoms with van der Waals surface area (Å²) in [7, 11) is 0. The van der Waals surface area contributed by atoms with Crippen LogP contribution in [0.5, 0.6) is 5.75 Å². The number of ether oxygens (including phenoxy) is 1. The smallest absolute Gasteiger partial charge is 0.166 e. The number of rotatable bonds is 4. The van der Waals surface area contributed by atoms with Crippen molar-refractivity contribution in [2.75, 3.05) is 0 Å². The van der Waals surface area contributed by atoms with Crippen LogP contribution in [0.4, 0.5) is 0 Å². The second-order valence-electron chi connectivity index (χ2n) is 6.36. The Morgan fingerprint density at radius 1 is 1.15 bits per heavy atom. The molecule has 1 aromatic rings. The van der Waals surface area contributed by atoms with Crippen molar-refractivity contribution in [1.82, 2.24) is 5.32 Å². The predicted molar refractivity (Wildman–Crippen MR) is 79.2 cm³/mol. The molecule has 20 heavy (non-hydrogen) atoms. The van der Waals surface area contributed by atoms with E-state index in [1.807, 2.05) is 38.1 Å². The van der Waals surface area contributed by atoms with Crippen LogP contribution in [0.25, 0.3) is 0 Å². The van der Waals surface area contributed by atoms with Gasteiger partial charge in [-0.3, -0.25) is 4.79 Å². The highest BCUT2D eigenvalue weighted by Crippen LogP contribution is 2.33. The van der Waals surface area contributed by atoms with E-state index in [2.05, 4.69) is 5.32 Å². The first-order chi connectivity index (χ1) is 9.61. The van der Waals surface area contributed by atoms with Gasteiger partial charge in [-0.25, -0.2) is 0 Å². The quantitative estimate of drug-likeness (QED) is 0.856. The minimum Gasteiger partial charge on any atom is -0.491 e. The van der Waals surface area contributed by atoms with Gasteiger partial charge in [0.15, 0.2) is 5.78 Å². The minimum absolute atomic E-state index is 0.164. The lowest BCUT2D eigenvalue weighted by molar-refractivity contribution is 0.0875. The molecule has 108 valence electrons. The molecule has 1 N–H and O–H groups in total. The Hall–Kier alpha value is -1.35. The van der Waals surface area contributed by atoms with Crippen molar-refractivity contribution >= 4 is 5.78 Å². The zero-order valence-electron chi connectivity index (χ0n) is 12.3. The number of carbonyl (C=O) groups is 1. The van der Waals surface area contributed by atoms with Gasteiger partial charge in [-0.1, -0.05) is 0 Å². The lowest BCUT2D eigenvalue weighted by Crippen LogP contribution is -2.40. The van der Waals surface area contributed by atoms with Crippen molar-refractivity contribution in [3.8, 4) is 5.75 Å². The third-order valence-corrected chi connectivity index (χ3v) is 4.35. The fourth-order valence-electron chi connectivity index (χ4n) is 3.48. The predicted octanol–water partition coefficient (Wildman–Crippen LogP) is 3.19. The number of ketones is 1. The summed E-state index contributed by atoms with van der Waals surface area (Å²) in [5, 5.41) is 3.59. The van der Waals surface area contributed by atoms with Gasteiger partial charge in [-0.05, 0) is 63.8 Å². The lowest BCUT2D eigenvalue weighted by Gasteiger charge is -2.28. The highest BCUT2D eigenvalue weighted by molar-refractivity contribution is 5.98. The van der Waals surface area contributed by atoms with Crippen LogP contribution in [0.1, 0.15) is 49.9 Å². The molecule has 2 saturated heterocycles. The number of hydrogen-bond acceptors (Lipinski definition) is 3. The van der Waals surface area contributed by atoms with Crippen molar-refractivity contribution in [3.63, 3.8) is 0 Å². The summed E-state index contributed by atoms with van der Waals surface area (Å²) in [4.78, 5) is 12.6. The fourth-order valence-corrected chi connectivity index (χ4v) is 3.48. The van der Waals surface area contributed by atoms with Gasteiger partial charge >= 0.3 is 0 Å². The van der Waals surface area contributed by atoms with Crippen LogP contribution in [0.2, 0.25) is 0 Å². The van der Waals surface area contributed by atoms with Gasteiger partial charge in [-0.15, -0.1) is 0 Å². The lowest BCUT2D eigenvalue weighted by atomic mass is 9.86. The van der Waals surface area contributed by atoms with E-state index in [1.165, 1.54) is 12.8 Å². The SMILES string of the molecule is CC(C)Oc1ccc(C(=O)C2CC3CCC(C2)N3)cc1. The van der Waals surface area contributed by atoms with Crippen molar-refractivity contribution in [3.05, 3.63) is 29.8 Å². The summed E-state index contributed by atoms with van der Waals surface area (Å²) in [6.45, 7) is 4.01. The third-order valence-electron chi connectivity index (χ3n) is 4.35. The molecular weight excluding hydrogens is 250 g/mol. The molecule has 2 atom stereocenters. The van der Waals surface area contributed by atoms with Crippen LogP contribution < -0.4 is 10.1 Å². The largest absolute Gasteiger partial charge is 0.491 e. The molecule has 1 aromatic carbocycles. The van der Waals surface area contributed by atoms with E-state index < -0.39 is 0 Å². The topological polar surface area (TPSA) is 38.3 Å². The minimum atomic E-state index is 0.164. The molecule has 2 aliphatic rings. The molecule has 0 saturated carbocycles. The first-order valence-corrected chi connectivity index (χ1v) is 7.69. The molecule has 0 amide bonds. The molecular formula is C17H23NO2. The molecule has 2 bridgehead atoms. The Balaban J connectivity index is 1.67. The molecule has 2 heterocycles. The highest BCUT2D eigenvalue weighted by atomic mass is 16.5. The van der Waals surface area contributed by atoms with Gasteiger partial charge in [0, 0.05) is 23.6 Å². The number of carbonyl (C=O) groups excluding carboxylic acids is 1. The Labute approximate surface area is 120 Å².